The van der Waals surface area contributed by atoms with E-state index in [1.54, 1.807) is 0 Å². The Morgan fingerprint density at radius 1 is 1.36 bits per heavy atom. The van der Waals surface area contributed by atoms with Gasteiger partial charge < -0.3 is 10.4 Å². The summed E-state index contributed by atoms with van der Waals surface area (Å²) < 4.78 is 0. The van der Waals surface area contributed by atoms with Crippen LogP contribution in [0.2, 0.25) is 0 Å². The summed E-state index contributed by atoms with van der Waals surface area (Å²) in [6, 6.07) is 0.473. The van der Waals surface area contributed by atoms with Gasteiger partial charge in [-0.2, -0.15) is 0 Å². The minimum Gasteiger partial charge on any atom is -0.388 e. The van der Waals surface area contributed by atoms with Crippen LogP contribution in [0.25, 0.3) is 0 Å². The quantitative estimate of drug-likeness (QED) is 0.700. The Balaban J connectivity index is 1.93. The van der Waals surface area contributed by atoms with Crippen molar-refractivity contribution in [2.24, 2.45) is 17.3 Å². The minimum atomic E-state index is -0.458. The minimum absolute atomic E-state index is 0.0434. The van der Waals surface area contributed by atoms with Crippen LogP contribution in [0.1, 0.15) is 40.5 Å². The predicted molar refractivity (Wildman–Crippen MR) is 55.9 cm³/mol. The van der Waals surface area contributed by atoms with E-state index in [2.05, 4.69) is 26.1 Å². The van der Waals surface area contributed by atoms with Crippen LogP contribution >= 0.6 is 0 Å². The summed E-state index contributed by atoms with van der Waals surface area (Å²) in [5.41, 5.74) is 0.00326. The van der Waals surface area contributed by atoms with Crippen LogP contribution in [-0.2, 0) is 0 Å². The number of aliphatic hydroxyl groups is 1. The normalized spacial score (nSPS) is 63.9. The van der Waals surface area contributed by atoms with Gasteiger partial charge >= 0.3 is 0 Å². The van der Waals surface area contributed by atoms with Gasteiger partial charge in [-0.3, -0.25) is 0 Å². The lowest BCUT2D eigenvalue weighted by Crippen LogP contribution is -2.97. The van der Waals surface area contributed by atoms with E-state index in [1.807, 2.05) is 6.92 Å². The van der Waals surface area contributed by atoms with Gasteiger partial charge in [-0.25, -0.2) is 0 Å². The first kappa shape index (κ1) is 9.17. The van der Waals surface area contributed by atoms with Crippen molar-refractivity contribution in [3.05, 3.63) is 0 Å². The summed E-state index contributed by atoms with van der Waals surface area (Å²) in [5.74, 6) is 1.44. The van der Waals surface area contributed by atoms with Gasteiger partial charge in [-0.1, -0.05) is 20.8 Å². The van der Waals surface area contributed by atoms with E-state index in [0.717, 1.165) is 5.92 Å². The summed E-state index contributed by atoms with van der Waals surface area (Å²) in [7, 11) is 0. The van der Waals surface area contributed by atoms with E-state index in [0.29, 0.717) is 17.4 Å². The number of hydrogen-bond donors (Lipinski definition) is 2. The van der Waals surface area contributed by atoms with Crippen molar-refractivity contribution in [2.75, 3.05) is 0 Å². The van der Waals surface area contributed by atoms with Crippen molar-refractivity contribution in [2.45, 2.75) is 57.7 Å². The first-order valence-corrected chi connectivity index (χ1v) is 5.86. The molecule has 0 radical (unpaired) electrons. The zero-order chi connectivity index (χ0) is 10.4. The highest BCUT2D eigenvalue weighted by atomic mass is 16.3. The molecule has 0 amide bonds. The van der Waals surface area contributed by atoms with Crippen LogP contribution in [-0.4, -0.2) is 22.3 Å². The standard InChI is InChI=1S/C12H21NO/c1-7(2)13-12-6-8-5-9(10(8,12)3)11(12,4)14/h7-9,13-14H,5-6H2,1-4H3/t8-,9-,10?,11-,12+/m0/s1. The average Bonchev–Trinajstić information content (AvgIpc) is 2.06. The van der Waals surface area contributed by atoms with Crippen molar-refractivity contribution in [3.63, 3.8) is 0 Å². The maximum atomic E-state index is 10.5. The van der Waals surface area contributed by atoms with Gasteiger partial charge in [0.2, 0.25) is 0 Å². The maximum absolute atomic E-state index is 10.5. The van der Waals surface area contributed by atoms with E-state index in [9.17, 15) is 5.11 Å². The number of rotatable bonds is 2. The molecule has 0 bridgehead atoms. The Morgan fingerprint density at radius 3 is 2.36 bits per heavy atom. The fourth-order valence-corrected chi connectivity index (χ4v) is 4.94. The molecule has 0 aromatic rings. The second kappa shape index (κ2) is 2.05. The van der Waals surface area contributed by atoms with Crippen LogP contribution in [0.5, 0.6) is 0 Å². The van der Waals surface area contributed by atoms with Crippen LogP contribution in [0.15, 0.2) is 0 Å². The van der Waals surface area contributed by atoms with E-state index < -0.39 is 5.60 Å². The molecule has 14 heavy (non-hydrogen) atoms. The molecule has 2 N–H and O–H groups in total. The third-order valence-electron chi connectivity index (χ3n) is 5.64. The second-order valence-corrected chi connectivity index (χ2v) is 6.32. The van der Waals surface area contributed by atoms with Crippen molar-refractivity contribution in [1.82, 2.24) is 5.32 Å². The highest BCUT2D eigenvalue weighted by Gasteiger charge is 2.89. The zero-order valence-electron chi connectivity index (χ0n) is 9.59. The summed E-state index contributed by atoms with van der Waals surface area (Å²) >= 11 is 0. The summed E-state index contributed by atoms with van der Waals surface area (Å²) in [5, 5.41) is 14.1. The fraction of sp³-hybridized carbons (Fsp3) is 1.00. The highest BCUT2D eigenvalue weighted by molar-refractivity contribution is 5.42. The Labute approximate surface area is 86.1 Å². The molecule has 3 fully saturated rings. The summed E-state index contributed by atoms with van der Waals surface area (Å²) in [6.07, 6.45) is 2.44. The van der Waals surface area contributed by atoms with Gasteiger partial charge in [-0.15, -0.1) is 0 Å². The molecule has 2 heteroatoms. The predicted octanol–water partition coefficient (Wildman–Crippen LogP) is 1.53. The van der Waals surface area contributed by atoms with Crippen LogP contribution in [0.4, 0.5) is 0 Å². The molecule has 1 unspecified atom stereocenters. The molecule has 3 aliphatic carbocycles. The van der Waals surface area contributed by atoms with Crippen LogP contribution < -0.4 is 5.32 Å². The molecular formula is C12H21NO. The molecule has 0 aromatic heterocycles. The molecular weight excluding hydrogens is 174 g/mol. The Morgan fingerprint density at radius 2 is 2.00 bits per heavy atom. The molecule has 5 atom stereocenters. The number of nitrogens with one attached hydrogen (secondary N) is 1. The highest BCUT2D eigenvalue weighted by Crippen LogP contribution is 2.83. The topological polar surface area (TPSA) is 32.3 Å². The second-order valence-electron chi connectivity index (χ2n) is 6.32. The average molecular weight is 195 g/mol. The maximum Gasteiger partial charge on any atom is 0.0840 e. The van der Waals surface area contributed by atoms with Crippen molar-refractivity contribution >= 4 is 0 Å². The van der Waals surface area contributed by atoms with Crippen molar-refractivity contribution in [3.8, 4) is 0 Å². The fourth-order valence-electron chi connectivity index (χ4n) is 4.94. The summed E-state index contributed by atoms with van der Waals surface area (Å²) in [4.78, 5) is 0. The van der Waals surface area contributed by atoms with Crippen LogP contribution in [0.3, 0.4) is 0 Å². The van der Waals surface area contributed by atoms with E-state index in [1.165, 1.54) is 12.8 Å². The first-order chi connectivity index (χ1) is 6.36. The molecule has 2 nitrogen and oxygen atoms in total. The molecule has 0 heterocycles. The monoisotopic (exact) mass is 195 g/mol. The number of hydrogen-bond acceptors (Lipinski definition) is 2. The molecule has 3 rings (SSSR count). The van der Waals surface area contributed by atoms with Crippen molar-refractivity contribution in [1.29, 1.82) is 0 Å². The molecule has 80 valence electrons. The lowest BCUT2D eigenvalue weighted by atomic mass is 9.19. The first-order valence-electron chi connectivity index (χ1n) is 5.86. The van der Waals surface area contributed by atoms with Gasteiger partial charge in [0.25, 0.3) is 0 Å². The smallest absolute Gasteiger partial charge is 0.0840 e. The molecule has 0 aliphatic heterocycles. The van der Waals surface area contributed by atoms with E-state index >= 15 is 0 Å². The molecule has 3 aliphatic rings. The van der Waals surface area contributed by atoms with Gasteiger partial charge in [-0.05, 0) is 37.0 Å². The largest absolute Gasteiger partial charge is 0.388 e. The van der Waals surface area contributed by atoms with E-state index in [4.69, 9.17) is 0 Å². The molecule has 0 saturated heterocycles. The van der Waals surface area contributed by atoms with Gasteiger partial charge in [0.1, 0.15) is 0 Å². The SMILES string of the molecule is CC(C)N[C@]12C[C@@H]3C[C@@H](C31C)[C@]2(C)O. The Hall–Kier alpha value is -0.0800. The Kier molecular flexibility index (Phi) is 1.34. The molecule has 0 aromatic carbocycles. The summed E-state index contributed by atoms with van der Waals surface area (Å²) in [6.45, 7) is 8.74. The zero-order valence-corrected chi connectivity index (χ0v) is 9.59. The van der Waals surface area contributed by atoms with Crippen LogP contribution in [0, 0.1) is 17.3 Å². The van der Waals surface area contributed by atoms with Gasteiger partial charge in [0.05, 0.1) is 11.1 Å². The van der Waals surface area contributed by atoms with Crippen molar-refractivity contribution < 1.29 is 5.11 Å². The lowest BCUT2D eigenvalue weighted by Gasteiger charge is -2.89. The van der Waals surface area contributed by atoms with Gasteiger partial charge in [0, 0.05) is 6.04 Å². The lowest BCUT2D eigenvalue weighted by molar-refractivity contribution is -0.414. The van der Waals surface area contributed by atoms with E-state index in [-0.39, 0.29) is 5.54 Å². The third kappa shape index (κ3) is 0.570. The van der Waals surface area contributed by atoms with Gasteiger partial charge in [0.15, 0.2) is 0 Å². The molecule has 3 saturated carbocycles. The Bertz CT molecular complexity index is 285. The molecule has 0 spiro atoms. The third-order valence-corrected chi connectivity index (χ3v) is 5.64.